The van der Waals surface area contributed by atoms with Crippen LogP contribution in [0.15, 0.2) is 12.3 Å². The summed E-state index contributed by atoms with van der Waals surface area (Å²) in [6.45, 7) is 0.502. The molecular weight excluding hydrogens is 235 g/mol. The van der Waals surface area contributed by atoms with Crippen molar-refractivity contribution < 1.29 is 14.3 Å². The number of rotatable bonds is 2. The summed E-state index contributed by atoms with van der Waals surface area (Å²) in [7, 11) is 0. The summed E-state index contributed by atoms with van der Waals surface area (Å²) in [5.74, 6) is -1.47. The van der Waals surface area contributed by atoms with Crippen LogP contribution in [-0.2, 0) is 4.79 Å². The maximum atomic E-state index is 13.6. The van der Waals surface area contributed by atoms with Gasteiger partial charge in [-0.1, -0.05) is 11.6 Å². The molecule has 2 heterocycles. The Hall–Kier alpha value is -1.36. The topological polar surface area (TPSA) is 53.4 Å². The second-order valence-corrected chi connectivity index (χ2v) is 4.09. The molecule has 1 aromatic heterocycles. The molecule has 16 heavy (non-hydrogen) atoms. The van der Waals surface area contributed by atoms with Crippen LogP contribution in [0.5, 0.6) is 0 Å². The second-order valence-electron chi connectivity index (χ2n) is 3.65. The molecule has 1 aliphatic heterocycles. The molecule has 0 bridgehead atoms. The summed E-state index contributed by atoms with van der Waals surface area (Å²) in [5, 5.41) is 9.17. The smallest absolute Gasteiger partial charge is 0.326 e. The minimum Gasteiger partial charge on any atom is -0.480 e. The first-order valence-corrected chi connectivity index (χ1v) is 5.28. The average Bonchev–Trinajstić information content (AvgIpc) is 2.66. The lowest BCUT2D eigenvalue weighted by Gasteiger charge is -2.22. The zero-order chi connectivity index (χ0) is 11.7. The van der Waals surface area contributed by atoms with E-state index in [0.29, 0.717) is 13.0 Å². The van der Waals surface area contributed by atoms with Gasteiger partial charge in [0.25, 0.3) is 0 Å². The number of carboxylic acids is 1. The molecule has 1 fully saturated rings. The van der Waals surface area contributed by atoms with E-state index in [1.54, 1.807) is 0 Å². The zero-order valence-electron chi connectivity index (χ0n) is 8.36. The minimum atomic E-state index is -0.950. The van der Waals surface area contributed by atoms with E-state index in [9.17, 15) is 9.18 Å². The molecule has 1 N–H and O–H groups in total. The average molecular weight is 245 g/mol. The number of anilines is 1. The Balaban J connectivity index is 2.32. The molecule has 1 atom stereocenters. The first kappa shape index (κ1) is 11.1. The van der Waals surface area contributed by atoms with E-state index in [4.69, 9.17) is 16.7 Å². The molecular formula is C10H10ClFN2O2. The Morgan fingerprint density at radius 3 is 3.06 bits per heavy atom. The van der Waals surface area contributed by atoms with Gasteiger partial charge in [-0.05, 0) is 18.9 Å². The van der Waals surface area contributed by atoms with Crippen molar-refractivity contribution >= 4 is 23.4 Å². The third kappa shape index (κ3) is 1.95. The summed E-state index contributed by atoms with van der Waals surface area (Å²) in [4.78, 5) is 16.3. The maximum Gasteiger partial charge on any atom is 0.326 e. The fourth-order valence-electron chi connectivity index (χ4n) is 1.90. The summed E-state index contributed by atoms with van der Waals surface area (Å²) in [5.41, 5.74) is 0. The molecule has 0 unspecified atom stereocenters. The van der Waals surface area contributed by atoms with Crippen molar-refractivity contribution in [3.63, 3.8) is 0 Å². The van der Waals surface area contributed by atoms with Crippen LogP contribution in [0.1, 0.15) is 12.8 Å². The summed E-state index contributed by atoms with van der Waals surface area (Å²) < 4.78 is 13.6. The predicted molar refractivity (Wildman–Crippen MR) is 57.2 cm³/mol. The predicted octanol–water partition coefficient (Wildman–Crippen LogP) is 1.93. The SMILES string of the molecule is O=C(O)[C@H]1CCCN1c1ncc(Cl)cc1F. The van der Waals surface area contributed by atoms with E-state index in [1.165, 1.54) is 11.1 Å². The van der Waals surface area contributed by atoms with Crippen molar-refractivity contribution in [2.24, 2.45) is 0 Å². The van der Waals surface area contributed by atoms with Gasteiger partial charge in [0.15, 0.2) is 11.6 Å². The number of hydrogen-bond acceptors (Lipinski definition) is 3. The molecule has 0 aliphatic carbocycles. The zero-order valence-corrected chi connectivity index (χ0v) is 9.12. The molecule has 0 spiro atoms. The van der Waals surface area contributed by atoms with Crippen molar-refractivity contribution in [1.82, 2.24) is 4.98 Å². The molecule has 1 aliphatic rings. The molecule has 1 aromatic rings. The first-order valence-electron chi connectivity index (χ1n) is 4.90. The minimum absolute atomic E-state index is 0.0642. The fourth-order valence-corrected chi connectivity index (χ4v) is 2.04. The van der Waals surface area contributed by atoms with Crippen LogP contribution >= 0.6 is 11.6 Å². The normalized spacial score (nSPS) is 20.1. The van der Waals surface area contributed by atoms with Crippen LogP contribution in [-0.4, -0.2) is 28.6 Å². The van der Waals surface area contributed by atoms with Crippen molar-refractivity contribution in [2.75, 3.05) is 11.4 Å². The Bertz CT molecular complexity index is 427. The highest BCUT2D eigenvalue weighted by molar-refractivity contribution is 6.30. The first-order chi connectivity index (χ1) is 7.59. The number of pyridine rings is 1. The van der Waals surface area contributed by atoms with Gasteiger partial charge in [0, 0.05) is 12.7 Å². The number of hydrogen-bond donors (Lipinski definition) is 1. The van der Waals surface area contributed by atoms with Gasteiger partial charge in [-0.15, -0.1) is 0 Å². The largest absolute Gasteiger partial charge is 0.480 e. The van der Waals surface area contributed by atoms with E-state index in [1.807, 2.05) is 0 Å². The molecule has 0 saturated carbocycles. The van der Waals surface area contributed by atoms with Gasteiger partial charge in [0.05, 0.1) is 5.02 Å². The van der Waals surface area contributed by atoms with E-state index >= 15 is 0 Å². The van der Waals surface area contributed by atoms with Gasteiger partial charge >= 0.3 is 5.97 Å². The number of aromatic nitrogens is 1. The molecule has 4 nitrogen and oxygen atoms in total. The van der Waals surface area contributed by atoms with Gasteiger partial charge in [-0.25, -0.2) is 14.2 Å². The number of nitrogens with zero attached hydrogens (tertiary/aromatic N) is 2. The quantitative estimate of drug-likeness (QED) is 0.864. The number of halogens is 2. The van der Waals surface area contributed by atoms with Gasteiger partial charge in [-0.3, -0.25) is 0 Å². The lowest BCUT2D eigenvalue weighted by Crippen LogP contribution is -2.37. The molecule has 0 aromatic carbocycles. The van der Waals surface area contributed by atoms with E-state index in [-0.39, 0.29) is 10.8 Å². The highest BCUT2D eigenvalue weighted by Crippen LogP contribution is 2.27. The Labute approximate surface area is 96.7 Å². The standard InChI is InChI=1S/C10H10ClFN2O2/c11-6-4-7(12)9(13-5-6)14-3-1-2-8(14)10(15)16/h4-5,8H,1-3H2,(H,15,16)/t8-/m1/s1. The summed E-state index contributed by atoms with van der Waals surface area (Å²) >= 11 is 5.59. The lowest BCUT2D eigenvalue weighted by atomic mass is 10.2. The third-order valence-corrected chi connectivity index (χ3v) is 2.81. The maximum absolute atomic E-state index is 13.6. The summed E-state index contributed by atoms with van der Waals surface area (Å²) in [6, 6.07) is 0.448. The fraction of sp³-hybridized carbons (Fsp3) is 0.400. The molecule has 1 saturated heterocycles. The highest BCUT2D eigenvalue weighted by atomic mass is 35.5. The van der Waals surface area contributed by atoms with Crippen molar-refractivity contribution in [2.45, 2.75) is 18.9 Å². The van der Waals surface area contributed by atoms with E-state index in [0.717, 1.165) is 12.5 Å². The van der Waals surface area contributed by atoms with Gasteiger partial charge in [-0.2, -0.15) is 0 Å². The van der Waals surface area contributed by atoms with Crippen LogP contribution < -0.4 is 4.90 Å². The highest BCUT2D eigenvalue weighted by Gasteiger charge is 2.32. The van der Waals surface area contributed by atoms with E-state index < -0.39 is 17.8 Å². The number of carbonyl (C=O) groups is 1. The van der Waals surface area contributed by atoms with Crippen molar-refractivity contribution in [3.8, 4) is 0 Å². The molecule has 86 valence electrons. The van der Waals surface area contributed by atoms with Crippen molar-refractivity contribution in [3.05, 3.63) is 23.1 Å². The van der Waals surface area contributed by atoms with Crippen LogP contribution in [0.2, 0.25) is 5.02 Å². The monoisotopic (exact) mass is 244 g/mol. The molecule has 0 radical (unpaired) electrons. The molecule has 6 heteroatoms. The van der Waals surface area contributed by atoms with Crippen LogP contribution in [0.3, 0.4) is 0 Å². The Morgan fingerprint density at radius 1 is 1.69 bits per heavy atom. The van der Waals surface area contributed by atoms with Crippen LogP contribution in [0, 0.1) is 5.82 Å². The van der Waals surface area contributed by atoms with Gasteiger partial charge in [0.2, 0.25) is 0 Å². The van der Waals surface area contributed by atoms with Crippen LogP contribution in [0.25, 0.3) is 0 Å². The third-order valence-electron chi connectivity index (χ3n) is 2.60. The lowest BCUT2D eigenvalue weighted by molar-refractivity contribution is -0.138. The Morgan fingerprint density at radius 2 is 2.44 bits per heavy atom. The molecule has 2 rings (SSSR count). The van der Waals surface area contributed by atoms with Gasteiger partial charge in [0.1, 0.15) is 6.04 Å². The second kappa shape index (κ2) is 4.25. The van der Waals surface area contributed by atoms with Gasteiger partial charge < -0.3 is 10.0 Å². The Kier molecular flexibility index (Phi) is 2.96. The number of carboxylic acid groups (broad SMARTS) is 1. The van der Waals surface area contributed by atoms with E-state index in [2.05, 4.69) is 4.98 Å². The molecule has 0 amide bonds. The van der Waals surface area contributed by atoms with Crippen LogP contribution in [0.4, 0.5) is 10.2 Å². The van der Waals surface area contributed by atoms with Crippen molar-refractivity contribution in [1.29, 1.82) is 0 Å². The number of aliphatic carboxylic acids is 1. The summed E-state index contributed by atoms with van der Waals surface area (Å²) in [6.07, 6.45) is 2.55.